The summed E-state index contributed by atoms with van der Waals surface area (Å²) in [5, 5.41) is 9.78. The highest BCUT2D eigenvalue weighted by atomic mass is 16.1. The molecule has 0 spiro atoms. The molecule has 5 nitrogen and oxygen atoms in total. The molecular weight excluding hydrogens is 240 g/mol. The first-order chi connectivity index (χ1) is 9.16. The van der Waals surface area contributed by atoms with Gasteiger partial charge in [-0.15, -0.1) is 0 Å². The first-order valence-corrected chi connectivity index (χ1v) is 6.35. The summed E-state index contributed by atoms with van der Waals surface area (Å²) in [6.45, 7) is 4.57. The molecule has 19 heavy (non-hydrogen) atoms. The SMILES string of the molecule is Cc1cncc(C(=O)NCCCc2cn[nH]c2C)c1. The predicted molar refractivity (Wildman–Crippen MR) is 73.0 cm³/mol. The summed E-state index contributed by atoms with van der Waals surface area (Å²) in [7, 11) is 0. The number of amides is 1. The number of nitrogens with zero attached hydrogens (tertiary/aromatic N) is 2. The summed E-state index contributed by atoms with van der Waals surface area (Å²) in [6, 6.07) is 1.84. The predicted octanol–water partition coefficient (Wildman–Crippen LogP) is 1.78. The molecule has 0 saturated carbocycles. The van der Waals surface area contributed by atoms with Crippen LogP contribution in [0.5, 0.6) is 0 Å². The minimum Gasteiger partial charge on any atom is -0.352 e. The normalized spacial score (nSPS) is 10.4. The lowest BCUT2D eigenvalue weighted by Crippen LogP contribution is -2.25. The van der Waals surface area contributed by atoms with Gasteiger partial charge in [-0.3, -0.25) is 14.9 Å². The van der Waals surface area contributed by atoms with Crippen LogP contribution in [0.25, 0.3) is 0 Å². The number of hydrogen-bond acceptors (Lipinski definition) is 3. The van der Waals surface area contributed by atoms with E-state index in [9.17, 15) is 4.79 Å². The van der Waals surface area contributed by atoms with Gasteiger partial charge in [0, 0.05) is 24.6 Å². The summed E-state index contributed by atoms with van der Waals surface area (Å²) >= 11 is 0. The largest absolute Gasteiger partial charge is 0.352 e. The second-order valence-corrected chi connectivity index (χ2v) is 4.63. The highest BCUT2D eigenvalue weighted by Gasteiger charge is 2.05. The van der Waals surface area contributed by atoms with Gasteiger partial charge in [0.1, 0.15) is 0 Å². The van der Waals surface area contributed by atoms with Crippen LogP contribution < -0.4 is 5.32 Å². The number of nitrogens with one attached hydrogen (secondary N) is 2. The number of hydrogen-bond donors (Lipinski definition) is 2. The Morgan fingerprint density at radius 2 is 2.16 bits per heavy atom. The second kappa shape index (κ2) is 6.13. The molecule has 0 unspecified atom stereocenters. The number of carbonyl (C=O) groups excluding carboxylic acids is 1. The number of carbonyl (C=O) groups is 1. The first-order valence-electron chi connectivity index (χ1n) is 6.35. The molecule has 2 aromatic rings. The Hall–Kier alpha value is -2.17. The molecule has 0 aliphatic rings. The minimum atomic E-state index is -0.0693. The van der Waals surface area contributed by atoms with E-state index in [1.165, 1.54) is 5.56 Å². The smallest absolute Gasteiger partial charge is 0.252 e. The van der Waals surface area contributed by atoms with Gasteiger partial charge in [0.2, 0.25) is 0 Å². The molecule has 2 aromatic heterocycles. The zero-order valence-electron chi connectivity index (χ0n) is 11.2. The maximum absolute atomic E-state index is 11.9. The Labute approximate surface area is 112 Å². The Morgan fingerprint density at radius 3 is 2.84 bits per heavy atom. The molecule has 0 bridgehead atoms. The van der Waals surface area contributed by atoms with Gasteiger partial charge in [-0.2, -0.15) is 5.10 Å². The lowest BCUT2D eigenvalue weighted by Gasteiger charge is -2.05. The zero-order chi connectivity index (χ0) is 13.7. The fourth-order valence-corrected chi connectivity index (χ4v) is 1.89. The van der Waals surface area contributed by atoms with Crippen LogP contribution in [0.2, 0.25) is 0 Å². The number of aryl methyl sites for hydroxylation is 3. The molecule has 2 rings (SSSR count). The molecule has 0 atom stereocenters. The molecule has 0 radical (unpaired) electrons. The Morgan fingerprint density at radius 1 is 1.32 bits per heavy atom. The van der Waals surface area contributed by atoms with E-state index in [0.717, 1.165) is 24.1 Å². The van der Waals surface area contributed by atoms with Crippen LogP contribution in [0, 0.1) is 13.8 Å². The lowest BCUT2D eigenvalue weighted by atomic mass is 10.1. The van der Waals surface area contributed by atoms with Crippen LogP contribution >= 0.6 is 0 Å². The van der Waals surface area contributed by atoms with E-state index < -0.39 is 0 Å². The van der Waals surface area contributed by atoms with Gasteiger partial charge in [-0.05, 0) is 43.9 Å². The van der Waals surface area contributed by atoms with E-state index in [0.29, 0.717) is 12.1 Å². The maximum Gasteiger partial charge on any atom is 0.252 e. The average molecular weight is 258 g/mol. The number of aromatic nitrogens is 3. The summed E-state index contributed by atoms with van der Waals surface area (Å²) in [5.74, 6) is -0.0693. The van der Waals surface area contributed by atoms with Crippen molar-refractivity contribution in [3.63, 3.8) is 0 Å². The molecule has 100 valence electrons. The van der Waals surface area contributed by atoms with E-state index in [1.807, 2.05) is 26.1 Å². The average Bonchev–Trinajstić information content (AvgIpc) is 2.80. The van der Waals surface area contributed by atoms with Crippen molar-refractivity contribution in [2.45, 2.75) is 26.7 Å². The van der Waals surface area contributed by atoms with Crippen molar-refractivity contribution >= 4 is 5.91 Å². The van der Waals surface area contributed by atoms with Crippen molar-refractivity contribution in [2.75, 3.05) is 6.54 Å². The molecule has 0 aliphatic heterocycles. The topological polar surface area (TPSA) is 70.7 Å². The minimum absolute atomic E-state index is 0.0693. The van der Waals surface area contributed by atoms with Crippen LogP contribution in [0.4, 0.5) is 0 Å². The van der Waals surface area contributed by atoms with E-state index in [4.69, 9.17) is 0 Å². The number of aromatic amines is 1. The summed E-state index contributed by atoms with van der Waals surface area (Å²) in [6.07, 6.45) is 6.96. The third kappa shape index (κ3) is 3.64. The van der Waals surface area contributed by atoms with E-state index in [-0.39, 0.29) is 5.91 Å². The molecule has 0 saturated heterocycles. The van der Waals surface area contributed by atoms with Crippen LogP contribution in [0.15, 0.2) is 24.7 Å². The second-order valence-electron chi connectivity index (χ2n) is 4.63. The number of rotatable bonds is 5. The summed E-state index contributed by atoms with van der Waals surface area (Å²) in [5.41, 5.74) is 3.89. The summed E-state index contributed by atoms with van der Waals surface area (Å²) in [4.78, 5) is 15.9. The van der Waals surface area contributed by atoms with Crippen molar-refractivity contribution in [1.29, 1.82) is 0 Å². The van der Waals surface area contributed by atoms with E-state index in [2.05, 4.69) is 20.5 Å². The lowest BCUT2D eigenvalue weighted by molar-refractivity contribution is 0.0953. The van der Waals surface area contributed by atoms with E-state index >= 15 is 0 Å². The fourth-order valence-electron chi connectivity index (χ4n) is 1.89. The van der Waals surface area contributed by atoms with Crippen molar-refractivity contribution in [2.24, 2.45) is 0 Å². The Kier molecular flexibility index (Phi) is 4.28. The molecule has 2 N–H and O–H groups in total. The van der Waals surface area contributed by atoms with Crippen LogP contribution in [-0.2, 0) is 6.42 Å². The molecule has 2 heterocycles. The number of H-pyrrole nitrogens is 1. The Balaban J connectivity index is 1.77. The highest BCUT2D eigenvalue weighted by Crippen LogP contribution is 2.05. The van der Waals surface area contributed by atoms with Crippen molar-refractivity contribution in [3.8, 4) is 0 Å². The fraction of sp³-hybridized carbons (Fsp3) is 0.357. The third-order valence-electron chi connectivity index (χ3n) is 2.98. The summed E-state index contributed by atoms with van der Waals surface area (Å²) < 4.78 is 0. The zero-order valence-corrected chi connectivity index (χ0v) is 11.2. The molecule has 5 heteroatoms. The van der Waals surface area contributed by atoms with Crippen LogP contribution in [0.3, 0.4) is 0 Å². The molecule has 0 aromatic carbocycles. The molecule has 1 amide bonds. The standard InChI is InChI=1S/C14H18N4O/c1-10-6-13(8-15-7-10)14(19)16-5-3-4-12-9-17-18-11(12)2/h6-9H,3-5H2,1-2H3,(H,16,19)(H,17,18). The number of pyridine rings is 1. The van der Waals surface area contributed by atoms with Crippen LogP contribution in [-0.4, -0.2) is 27.6 Å². The third-order valence-corrected chi connectivity index (χ3v) is 2.98. The molecule has 0 fully saturated rings. The van der Waals surface area contributed by atoms with Gasteiger partial charge in [-0.25, -0.2) is 0 Å². The van der Waals surface area contributed by atoms with Crippen molar-refractivity contribution < 1.29 is 4.79 Å². The van der Waals surface area contributed by atoms with Gasteiger partial charge in [0.15, 0.2) is 0 Å². The van der Waals surface area contributed by atoms with E-state index in [1.54, 1.807) is 12.4 Å². The quantitative estimate of drug-likeness (QED) is 0.803. The maximum atomic E-state index is 11.9. The van der Waals surface area contributed by atoms with Gasteiger partial charge < -0.3 is 5.32 Å². The van der Waals surface area contributed by atoms with Crippen molar-refractivity contribution in [3.05, 3.63) is 47.0 Å². The van der Waals surface area contributed by atoms with Gasteiger partial charge in [-0.1, -0.05) is 0 Å². The van der Waals surface area contributed by atoms with Crippen molar-refractivity contribution in [1.82, 2.24) is 20.5 Å². The Bertz CT molecular complexity index is 562. The van der Waals surface area contributed by atoms with Gasteiger partial charge in [0.25, 0.3) is 5.91 Å². The monoisotopic (exact) mass is 258 g/mol. The van der Waals surface area contributed by atoms with Gasteiger partial charge >= 0.3 is 0 Å². The highest BCUT2D eigenvalue weighted by molar-refractivity contribution is 5.93. The molecular formula is C14H18N4O. The molecule has 0 aliphatic carbocycles. The van der Waals surface area contributed by atoms with Gasteiger partial charge in [0.05, 0.1) is 11.8 Å². The first kappa shape index (κ1) is 13.3. The van der Waals surface area contributed by atoms with Crippen LogP contribution in [0.1, 0.15) is 33.6 Å².